The molecular weight excluding hydrogens is 402 g/mol. The zero-order valence-electron chi connectivity index (χ0n) is 18.4. The molecule has 4 aromatic rings. The summed E-state index contributed by atoms with van der Waals surface area (Å²) in [5.74, 6) is 1.34. The van der Waals surface area contributed by atoms with E-state index < -0.39 is 0 Å². The number of rotatable bonds is 6. The maximum Gasteiger partial charge on any atom is 0.245 e. The van der Waals surface area contributed by atoms with Crippen LogP contribution in [0.4, 0.5) is 11.6 Å². The van der Waals surface area contributed by atoms with Crippen LogP contribution in [0.5, 0.6) is 5.75 Å². The van der Waals surface area contributed by atoms with Crippen LogP contribution in [0.1, 0.15) is 18.6 Å². The third-order valence-electron chi connectivity index (χ3n) is 5.92. The van der Waals surface area contributed by atoms with Crippen molar-refractivity contribution in [3.05, 3.63) is 72.4 Å². The molecule has 0 amide bonds. The lowest BCUT2D eigenvalue weighted by Crippen LogP contribution is -2.38. The van der Waals surface area contributed by atoms with Crippen LogP contribution < -0.4 is 10.1 Å². The number of nitrogens with one attached hydrogen (secondary N) is 1. The number of likely N-dealkylation sites (N-methyl/N-ethyl adjacent to an activating group) is 1. The summed E-state index contributed by atoms with van der Waals surface area (Å²) in [5, 5.41) is 8.04. The quantitative estimate of drug-likeness (QED) is 0.485. The van der Waals surface area contributed by atoms with Gasteiger partial charge in [-0.05, 0) is 48.5 Å². The van der Waals surface area contributed by atoms with Gasteiger partial charge >= 0.3 is 0 Å². The molecule has 2 aromatic carbocycles. The van der Waals surface area contributed by atoms with Gasteiger partial charge in [-0.25, -0.2) is 9.50 Å². The largest absolute Gasteiger partial charge is 0.496 e. The van der Waals surface area contributed by atoms with Crippen molar-refractivity contribution in [2.24, 2.45) is 0 Å². The molecule has 1 aliphatic rings. The normalized spacial score (nSPS) is 16.9. The van der Waals surface area contributed by atoms with Crippen molar-refractivity contribution in [2.45, 2.75) is 13.0 Å². The summed E-state index contributed by atoms with van der Waals surface area (Å²) >= 11 is 0. The number of nitrogens with zero attached hydrogens (tertiary/aromatic N) is 4. The summed E-state index contributed by atoms with van der Waals surface area (Å²) in [6.45, 7) is 5.95. The molecule has 1 unspecified atom stereocenters. The summed E-state index contributed by atoms with van der Waals surface area (Å²) in [6.07, 6.45) is 1.94. The van der Waals surface area contributed by atoms with E-state index in [1.807, 2.05) is 59.2 Å². The molecular formula is C25H27N5O2. The Balaban J connectivity index is 1.38. The maximum absolute atomic E-state index is 5.97. The van der Waals surface area contributed by atoms with Gasteiger partial charge in [-0.1, -0.05) is 31.2 Å². The molecule has 0 radical (unpaired) electrons. The summed E-state index contributed by atoms with van der Waals surface area (Å²) in [5.41, 5.74) is 4.98. The van der Waals surface area contributed by atoms with E-state index in [1.165, 1.54) is 5.56 Å². The van der Waals surface area contributed by atoms with Crippen LogP contribution in [0, 0.1) is 0 Å². The van der Waals surface area contributed by atoms with Gasteiger partial charge in [-0.15, -0.1) is 5.10 Å². The van der Waals surface area contributed by atoms with Gasteiger partial charge < -0.3 is 14.8 Å². The molecule has 5 rings (SSSR count). The topological polar surface area (TPSA) is 63.9 Å². The minimum Gasteiger partial charge on any atom is -0.496 e. The molecule has 1 aliphatic heterocycles. The fourth-order valence-corrected chi connectivity index (χ4v) is 4.12. The van der Waals surface area contributed by atoms with Gasteiger partial charge in [0.05, 0.1) is 37.2 Å². The van der Waals surface area contributed by atoms with Gasteiger partial charge in [0.2, 0.25) is 5.95 Å². The van der Waals surface area contributed by atoms with E-state index in [9.17, 15) is 0 Å². The Hall–Kier alpha value is -3.42. The highest BCUT2D eigenvalue weighted by Crippen LogP contribution is 2.31. The molecule has 32 heavy (non-hydrogen) atoms. The minimum atomic E-state index is 0.119. The van der Waals surface area contributed by atoms with Crippen LogP contribution in [0.25, 0.3) is 16.8 Å². The summed E-state index contributed by atoms with van der Waals surface area (Å²) in [7, 11) is 1.68. The first-order valence-electron chi connectivity index (χ1n) is 10.9. The molecule has 0 spiro atoms. The van der Waals surface area contributed by atoms with Gasteiger partial charge in [-0.3, -0.25) is 4.90 Å². The summed E-state index contributed by atoms with van der Waals surface area (Å²) in [4.78, 5) is 6.90. The highest BCUT2D eigenvalue weighted by molar-refractivity contribution is 5.72. The van der Waals surface area contributed by atoms with Crippen molar-refractivity contribution in [1.29, 1.82) is 0 Å². The Morgan fingerprint density at radius 2 is 1.94 bits per heavy atom. The van der Waals surface area contributed by atoms with Crippen molar-refractivity contribution in [3.63, 3.8) is 0 Å². The van der Waals surface area contributed by atoms with Crippen molar-refractivity contribution in [1.82, 2.24) is 19.5 Å². The van der Waals surface area contributed by atoms with Crippen molar-refractivity contribution < 1.29 is 9.47 Å². The fraction of sp³-hybridized carbons (Fsp3) is 0.280. The van der Waals surface area contributed by atoms with Crippen LogP contribution in [0.15, 0.2) is 66.9 Å². The Bertz CT molecular complexity index is 1200. The SMILES string of the molecule is CCN1CCOC(c2ccc(Nc3ncc4ccc(-c5ccccc5OC)n4n3)cc2)C1. The second-order valence-electron chi connectivity index (χ2n) is 7.84. The number of methoxy groups -OCH3 is 1. The van der Waals surface area contributed by atoms with E-state index in [-0.39, 0.29) is 6.10 Å². The van der Waals surface area contributed by atoms with E-state index in [1.54, 1.807) is 7.11 Å². The number of aromatic nitrogens is 3. The molecule has 1 N–H and O–H groups in total. The van der Waals surface area contributed by atoms with Crippen LogP contribution >= 0.6 is 0 Å². The van der Waals surface area contributed by atoms with Crippen LogP contribution in [-0.2, 0) is 4.74 Å². The van der Waals surface area contributed by atoms with Gasteiger partial charge in [0, 0.05) is 24.3 Å². The van der Waals surface area contributed by atoms with Gasteiger partial charge in [0.25, 0.3) is 0 Å². The average Bonchev–Trinajstić information content (AvgIpc) is 3.27. The number of anilines is 2. The van der Waals surface area contributed by atoms with Crippen molar-refractivity contribution >= 4 is 17.2 Å². The Kier molecular flexibility index (Phi) is 5.75. The molecule has 2 aromatic heterocycles. The third-order valence-corrected chi connectivity index (χ3v) is 5.92. The van der Waals surface area contributed by atoms with Gasteiger partial charge in [-0.2, -0.15) is 0 Å². The lowest BCUT2D eigenvalue weighted by molar-refractivity contribution is -0.0281. The number of morpholine rings is 1. The van der Waals surface area contributed by atoms with E-state index in [4.69, 9.17) is 14.6 Å². The van der Waals surface area contributed by atoms with Gasteiger partial charge in [0.15, 0.2) is 0 Å². The molecule has 7 heteroatoms. The predicted octanol–water partition coefficient (Wildman–Crippen LogP) is 4.54. The summed E-state index contributed by atoms with van der Waals surface area (Å²) in [6, 6.07) is 20.3. The predicted molar refractivity (Wildman–Crippen MR) is 126 cm³/mol. The number of benzene rings is 2. The van der Waals surface area contributed by atoms with E-state index in [0.29, 0.717) is 5.95 Å². The molecule has 1 atom stereocenters. The monoisotopic (exact) mass is 429 g/mol. The second kappa shape index (κ2) is 8.98. The van der Waals surface area contributed by atoms with Crippen molar-refractivity contribution in [3.8, 4) is 17.0 Å². The molecule has 0 bridgehead atoms. The Labute approximate surface area is 187 Å². The molecule has 7 nitrogen and oxygen atoms in total. The Morgan fingerprint density at radius 1 is 1.09 bits per heavy atom. The first-order chi connectivity index (χ1) is 15.7. The molecule has 0 aliphatic carbocycles. The molecule has 164 valence electrons. The maximum atomic E-state index is 5.97. The molecule has 1 saturated heterocycles. The van der Waals surface area contributed by atoms with Crippen LogP contribution in [-0.4, -0.2) is 52.8 Å². The zero-order valence-corrected chi connectivity index (χ0v) is 18.4. The second-order valence-corrected chi connectivity index (χ2v) is 7.84. The lowest BCUT2D eigenvalue weighted by Gasteiger charge is -2.32. The highest BCUT2D eigenvalue weighted by atomic mass is 16.5. The van der Waals surface area contributed by atoms with Crippen LogP contribution in [0.3, 0.4) is 0 Å². The smallest absolute Gasteiger partial charge is 0.245 e. The summed E-state index contributed by atoms with van der Waals surface area (Å²) < 4.78 is 13.4. The van der Waals surface area contributed by atoms with Crippen molar-refractivity contribution in [2.75, 3.05) is 38.7 Å². The first-order valence-corrected chi connectivity index (χ1v) is 10.9. The Morgan fingerprint density at radius 3 is 2.75 bits per heavy atom. The van der Waals surface area contributed by atoms with E-state index in [2.05, 4.69) is 34.3 Å². The molecule has 0 saturated carbocycles. The lowest BCUT2D eigenvalue weighted by atomic mass is 10.1. The minimum absolute atomic E-state index is 0.119. The number of fused-ring (bicyclic) bond motifs is 1. The van der Waals surface area contributed by atoms with Crippen LogP contribution in [0.2, 0.25) is 0 Å². The standard InChI is InChI=1S/C25H27N5O2/c1-3-29-14-15-32-24(17-29)18-8-10-19(11-9-18)27-25-26-16-20-12-13-22(30(20)28-25)21-6-4-5-7-23(21)31-2/h4-13,16,24H,3,14-15,17H2,1-2H3,(H,27,28). The third kappa shape index (κ3) is 4.04. The molecule has 1 fully saturated rings. The average molecular weight is 430 g/mol. The number of ether oxygens (including phenoxy) is 2. The number of para-hydroxylation sites is 1. The van der Waals surface area contributed by atoms with E-state index in [0.717, 1.165) is 54.5 Å². The fourth-order valence-electron chi connectivity index (χ4n) is 4.12. The highest BCUT2D eigenvalue weighted by Gasteiger charge is 2.20. The number of hydrogen-bond acceptors (Lipinski definition) is 6. The first kappa shape index (κ1) is 20.5. The molecule has 3 heterocycles. The zero-order chi connectivity index (χ0) is 21.9. The number of hydrogen-bond donors (Lipinski definition) is 1. The van der Waals surface area contributed by atoms with E-state index >= 15 is 0 Å². The van der Waals surface area contributed by atoms with Gasteiger partial charge in [0.1, 0.15) is 5.75 Å².